The highest BCUT2D eigenvalue weighted by Crippen LogP contribution is 2.28. The van der Waals surface area contributed by atoms with Gasteiger partial charge in [0.2, 0.25) is 0 Å². The van der Waals surface area contributed by atoms with Gasteiger partial charge in [-0.15, -0.1) is 11.8 Å². The van der Waals surface area contributed by atoms with Crippen molar-refractivity contribution >= 4 is 17.4 Å². The molecule has 0 atom stereocenters. The SMILES string of the molecule is CCSc1cccc(NN2CCOCC2)c1C#N. The molecule has 0 aromatic heterocycles. The highest BCUT2D eigenvalue weighted by Gasteiger charge is 2.13. The van der Waals surface area contributed by atoms with Gasteiger partial charge in [-0.2, -0.15) is 5.26 Å². The molecule has 1 aromatic carbocycles. The number of nitrogens with one attached hydrogen (secondary N) is 1. The fourth-order valence-corrected chi connectivity index (χ4v) is 2.65. The Morgan fingerprint density at radius 2 is 2.22 bits per heavy atom. The lowest BCUT2D eigenvalue weighted by molar-refractivity contribution is 0.0497. The lowest BCUT2D eigenvalue weighted by Crippen LogP contribution is -2.40. The van der Waals surface area contributed by atoms with Crippen LogP contribution in [0.1, 0.15) is 12.5 Å². The minimum atomic E-state index is 0.732. The quantitative estimate of drug-likeness (QED) is 0.845. The second kappa shape index (κ2) is 6.64. The maximum absolute atomic E-state index is 9.31. The fraction of sp³-hybridized carbons (Fsp3) is 0.462. The van der Waals surface area contributed by atoms with Gasteiger partial charge < -0.3 is 10.2 Å². The highest BCUT2D eigenvalue weighted by atomic mass is 32.2. The third kappa shape index (κ3) is 3.16. The number of ether oxygens (including phenoxy) is 1. The third-order valence-electron chi connectivity index (χ3n) is 2.73. The van der Waals surface area contributed by atoms with Gasteiger partial charge in [-0.25, -0.2) is 5.01 Å². The van der Waals surface area contributed by atoms with Crippen LogP contribution < -0.4 is 5.43 Å². The van der Waals surface area contributed by atoms with Crippen molar-refractivity contribution in [1.82, 2.24) is 5.01 Å². The first-order valence-corrected chi connectivity index (χ1v) is 7.09. The number of thioether (sulfide) groups is 1. The maximum atomic E-state index is 9.31. The fourth-order valence-electron chi connectivity index (χ4n) is 1.86. The molecule has 96 valence electrons. The number of morpholine rings is 1. The molecule has 0 amide bonds. The minimum Gasteiger partial charge on any atom is -0.379 e. The Hall–Kier alpha value is -1.22. The highest BCUT2D eigenvalue weighted by molar-refractivity contribution is 7.99. The number of nitrogens with zero attached hydrogens (tertiary/aromatic N) is 2. The average Bonchev–Trinajstić information content (AvgIpc) is 2.41. The van der Waals surface area contributed by atoms with Crippen LogP contribution in [0, 0.1) is 11.3 Å². The van der Waals surface area contributed by atoms with Gasteiger partial charge in [-0.05, 0) is 17.9 Å². The van der Waals surface area contributed by atoms with Gasteiger partial charge in [0.25, 0.3) is 0 Å². The summed E-state index contributed by atoms with van der Waals surface area (Å²) in [6.45, 7) is 5.25. The molecule has 1 saturated heterocycles. The van der Waals surface area contributed by atoms with Gasteiger partial charge in [-0.3, -0.25) is 0 Å². The molecule has 0 unspecified atom stereocenters. The second-order valence-electron chi connectivity index (χ2n) is 3.93. The molecule has 2 rings (SSSR count). The molecule has 5 heteroatoms. The molecule has 18 heavy (non-hydrogen) atoms. The van der Waals surface area contributed by atoms with Crippen LogP contribution in [-0.4, -0.2) is 37.1 Å². The first kappa shape index (κ1) is 13.2. The zero-order chi connectivity index (χ0) is 12.8. The molecule has 0 radical (unpaired) electrons. The third-order valence-corrected chi connectivity index (χ3v) is 3.67. The molecule has 4 nitrogen and oxygen atoms in total. The molecule has 0 spiro atoms. The van der Waals surface area contributed by atoms with Crippen LogP contribution in [0.4, 0.5) is 5.69 Å². The molecule has 0 saturated carbocycles. The van der Waals surface area contributed by atoms with Crippen LogP contribution in [0.2, 0.25) is 0 Å². The summed E-state index contributed by atoms with van der Waals surface area (Å²) in [4.78, 5) is 1.04. The van der Waals surface area contributed by atoms with E-state index in [0.717, 1.165) is 48.2 Å². The van der Waals surface area contributed by atoms with E-state index < -0.39 is 0 Å². The van der Waals surface area contributed by atoms with Crippen LogP contribution >= 0.6 is 11.8 Å². The van der Waals surface area contributed by atoms with Crippen LogP contribution in [-0.2, 0) is 4.74 Å². The van der Waals surface area contributed by atoms with Gasteiger partial charge in [0.1, 0.15) is 6.07 Å². The zero-order valence-electron chi connectivity index (χ0n) is 10.5. The molecular formula is C13H17N3OS. The molecule has 1 fully saturated rings. The van der Waals surface area contributed by atoms with Crippen molar-refractivity contribution in [2.45, 2.75) is 11.8 Å². The molecule has 1 aliphatic heterocycles. The summed E-state index contributed by atoms with van der Waals surface area (Å²) in [6.07, 6.45) is 0. The Bertz CT molecular complexity index is 438. The standard InChI is InChI=1S/C13H17N3OS/c1-2-18-13-5-3-4-12(11(13)10-14)15-16-6-8-17-9-7-16/h3-5,15H,2,6-9H2,1H3. The van der Waals surface area contributed by atoms with E-state index in [2.05, 4.69) is 23.4 Å². The van der Waals surface area contributed by atoms with Gasteiger partial charge >= 0.3 is 0 Å². The maximum Gasteiger partial charge on any atom is 0.103 e. The first-order valence-electron chi connectivity index (χ1n) is 6.10. The van der Waals surface area contributed by atoms with Crippen LogP contribution in [0.25, 0.3) is 0 Å². The van der Waals surface area contributed by atoms with E-state index in [-0.39, 0.29) is 0 Å². The van der Waals surface area contributed by atoms with Gasteiger partial charge in [0.15, 0.2) is 0 Å². The number of nitriles is 1. The summed E-state index contributed by atoms with van der Waals surface area (Å²) >= 11 is 1.70. The molecule has 1 aliphatic rings. The normalized spacial score (nSPS) is 16.2. The van der Waals surface area contributed by atoms with E-state index in [4.69, 9.17) is 4.74 Å². The van der Waals surface area contributed by atoms with E-state index in [1.165, 1.54) is 0 Å². The second-order valence-corrected chi connectivity index (χ2v) is 5.24. The molecular weight excluding hydrogens is 246 g/mol. The zero-order valence-corrected chi connectivity index (χ0v) is 11.3. The van der Waals surface area contributed by atoms with E-state index in [9.17, 15) is 5.26 Å². The summed E-state index contributed by atoms with van der Waals surface area (Å²) in [7, 11) is 0. The Kier molecular flexibility index (Phi) is 4.88. The van der Waals surface area contributed by atoms with Crippen molar-refractivity contribution in [1.29, 1.82) is 5.26 Å². The topological polar surface area (TPSA) is 48.3 Å². The monoisotopic (exact) mass is 263 g/mol. The molecule has 1 heterocycles. The van der Waals surface area contributed by atoms with Crippen molar-refractivity contribution in [3.8, 4) is 6.07 Å². The predicted molar refractivity (Wildman–Crippen MR) is 73.6 cm³/mol. The van der Waals surface area contributed by atoms with E-state index in [0.29, 0.717) is 0 Å². The Morgan fingerprint density at radius 1 is 1.44 bits per heavy atom. The lowest BCUT2D eigenvalue weighted by atomic mass is 10.2. The Balaban J connectivity index is 2.16. The van der Waals surface area contributed by atoms with Gasteiger partial charge in [0.05, 0.1) is 24.5 Å². The predicted octanol–water partition coefficient (Wildman–Crippen LogP) is 2.33. The summed E-state index contributed by atoms with van der Waals surface area (Å²) in [5.74, 6) is 0.968. The number of anilines is 1. The van der Waals surface area contributed by atoms with Crippen LogP contribution in [0.15, 0.2) is 23.1 Å². The lowest BCUT2D eigenvalue weighted by Gasteiger charge is -2.28. The number of hydrogen-bond acceptors (Lipinski definition) is 5. The van der Waals surface area contributed by atoms with Crippen molar-refractivity contribution in [2.75, 3.05) is 37.5 Å². The number of benzene rings is 1. The number of hydrazine groups is 1. The Morgan fingerprint density at radius 3 is 2.89 bits per heavy atom. The van der Waals surface area contributed by atoms with Gasteiger partial charge in [0, 0.05) is 18.0 Å². The van der Waals surface area contributed by atoms with Crippen molar-refractivity contribution in [3.63, 3.8) is 0 Å². The summed E-state index contributed by atoms with van der Waals surface area (Å²) < 4.78 is 5.31. The minimum absolute atomic E-state index is 0.732. The molecule has 1 aromatic rings. The smallest absolute Gasteiger partial charge is 0.103 e. The van der Waals surface area contributed by atoms with Crippen molar-refractivity contribution in [2.24, 2.45) is 0 Å². The van der Waals surface area contributed by atoms with Crippen molar-refractivity contribution in [3.05, 3.63) is 23.8 Å². The van der Waals surface area contributed by atoms with E-state index in [1.54, 1.807) is 11.8 Å². The summed E-state index contributed by atoms with van der Waals surface area (Å²) in [6, 6.07) is 8.23. The largest absolute Gasteiger partial charge is 0.379 e. The summed E-state index contributed by atoms with van der Waals surface area (Å²) in [5, 5.41) is 11.4. The van der Waals surface area contributed by atoms with E-state index >= 15 is 0 Å². The first-order chi connectivity index (χ1) is 8.85. The Labute approximate surface area is 112 Å². The number of rotatable bonds is 4. The van der Waals surface area contributed by atoms with E-state index in [1.807, 2.05) is 18.2 Å². The van der Waals surface area contributed by atoms with Crippen LogP contribution in [0.5, 0.6) is 0 Å². The molecule has 1 N–H and O–H groups in total. The van der Waals surface area contributed by atoms with Crippen molar-refractivity contribution < 1.29 is 4.74 Å². The van der Waals surface area contributed by atoms with Gasteiger partial charge in [-0.1, -0.05) is 13.0 Å². The number of hydrogen-bond donors (Lipinski definition) is 1. The molecule has 0 aliphatic carbocycles. The summed E-state index contributed by atoms with van der Waals surface area (Å²) in [5.41, 5.74) is 4.94. The molecule has 0 bridgehead atoms. The average molecular weight is 263 g/mol. The van der Waals surface area contributed by atoms with Crippen LogP contribution in [0.3, 0.4) is 0 Å².